The molecule has 2 aromatic carbocycles. The summed E-state index contributed by atoms with van der Waals surface area (Å²) in [7, 11) is 0. The van der Waals surface area contributed by atoms with E-state index in [-0.39, 0.29) is 11.9 Å². The fraction of sp³-hybridized carbons (Fsp3) is 0.429. The number of benzene rings is 2. The van der Waals surface area contributed by atoms with Crippen molar-refractivity contribution in [3.05, 3.63) is 66.4 Å². The zero-order chi connectivity index (χ0) is 22.5. The first kappa shape index (κ1) is 21.9. The number of nitrogens with zero attached hydrogens (tertiary/aromatic N) is 2. The van der Waals surface area contributed by atoms with Crippen LogP contribution in [0, 0.1) is 5.92 Å². The first-order valence-corrected chi connectivity index (χ1v) is 12.4. The number of rotatable bonds is 6. The maximum atomic E-state index is 13.2. The summed E-state index contributed by atoms with van der Waals surface area (Å²) in [6, 6.07) is 17.7. The first-order valence-electron chi connectivity index (χ1n) is 12.4. The molecular weight excluding hydrogens is 410 g/mol. The van der Waals surface area contributed by atoms with Crippen LogP contribution < -0.4 is 5.32 Å². The highest BCUT2D eigenvalue weighted by molar-refractivity contribution is 6.00. The number of hydrogen-bond donors (Lipinski definition) is 1. The third kappa shape index (κ3) is 5.36. The number of amides is 1. The van der Waals surface area contributed by atoms with Gasteiger partial charge in [-0.3, -0.25) is 4.79 Å². The summed E-state index contributed by atoms with van der Waals surface area (Å²) >= 11 is 0. The Morgan fingerprint density at radius 3 is 2.45 bits per heavy atom. The molecule has 0 unspecified atom stereocenters. The molecule has 2 heterocycles. The summed E-state index contributed by atoms with van der Waals surface area (Å²) in [5.74, 6) is 2.00. The first-order chi connectivity index (χ1) is 16.3. The third-order valence-electron chi connectivity index (χ3n) is 7.13. The molecule has 1 aromatic heterocycles. The Labute approximate surface area is 196 Å². The molecule has 1 aliphatic heterocycles. The van der Waals surface area contributed by atoms with Gasteiger partial charge in [-0.25, -0.2) is 4.98 Å². The van der Waals surface area contributed by atoms with Crippen molar-refractivity contribution in [3.8, 4) is 22.8 Å². The minimum atomic E-state index is -0.0456. The summed E-state index contributed by atoms with van der Waals surface area (Å²) in [6.45, 7) is 3.38. The lowest BCUT2D eigenvalue weighted by atomic mass is 9.88. The summed E-state index contributed by atoms with van der Waals surface area (Å²) < 4.78 is 6.02. The average molecular weight is 444 g/mol. The lowest BCUT2D eigenvalue weighted by molar-refractivity contribution is 0.0902. The number of likely N-dealkylation sites (tertiary alicyclic amines) is 1. The summed E-state index contributed by atoms with van der Waals surface area (Å²) in [5.41, 5.74) is 2.31. The molecule has 33 heavy (non-hydrogen) atoms. The largest absolute Gasteiger partial charge is 0.436 e. The lowest BCUT2D eigenvalue weighted by Gasteiger charge is -2.35. The molecule has 3 aromatic rings. The van der Waals surface area contributed by atoms with Crippen molar-refractivity contribution in [3.63, 3.8) is 0 Å². The summed E-state index contributed by atoms with van der Waals surface area (Å²) in [6.07, 6.45) is 10.7. The van der Waals surface area contributed by atoms with Gasteiger partial charge < -0.3 is 14.6 Å². The van der Waals surface area contributed by atoms with E-state index in [1.165, 1.54) is 38.6 Å². The molecule has 1 amide bonds. The van der Waals surface area contributed by atoms with Gasteiger partial charge in [-0.1, -0.05) is 61.7 Å². The van der Waals surface area contributed by atoms with E-state index in [1.807, 2.05) is 54.6 Å². The van der Waals surface area contributed by atoms with E-state index in [0.717, 1.165) is 43.0 Å². The molecule has 1 N–H and O–H groups in total. The molecule has 0 radical (unpaired) electrons. The van der Waals surface area contributed by atoms with E-state index >= 15 is 0 Å². The summed E-state index contributed by atoms with van der Waals surface area (Å²) in [4.78, 5) is 20.3. The van der Waals surface area contributed by atoms with Crippen LogP contribution in [0.1, 0.15) is 55.3 Å². The molecule has 1 saturated heterocycles. The second-order valence-corrected chi connectivity index (χ2v) is 9.49. The van der Waals surface area contributed by atoms with Crippen LogP contribution in [-0.2, 0) is 0 Å². The average Bonchev–Trinajstić information content (AvgIpc) is 3.37. The minimum absolute atomic E-state index is 0.0456. The Hall–Kier alpha value is -2.92. The maximum Gasteiger partial charge on any atom is 0.252 e. The molecule has 172 valence electrons. The fourth-order valence-corrected chi connectivity index (χ4v) is 5.26. The van der Waals surface area contributed by atoms with Crippen LogP contribution in [0.5, 0.6) is 0 Å². The van der Waals surface area contributed by atoms with E-state index in [9.17, 15) is 4.79 Å². The van der Waals surface area contributed by atoms with Crippen molar-refractivity contribution >= 4 is 5.91 Å². The molecule has 1 aliphatic carbocycles. The van der Waals surface area contributed by atoms with Crippen molar-refractivity contribution < 1.29 is 9.21 Å². The molecule has 5 rings (SSSR count). The molecule has 0 bridgehead atoms. The molecule has 2 aliphatic rings. The number of carbonyl (C=O) groups excluding carboxylic acids is 1. The van der Waals surface area contributed by atoms with Crippen LogP contribution in [0.2, 0.25) is 0 Å². The predicted octanol–water partition coefficient (Wildman–Crippen LogP) is 5.78. The van der Waals surface area contributed by atoms with Crippen LogP contribution in [0.3, 0.4) is 0 Å². The van der Waals surface area contributed by atoms with E-state index in [4.69, 9.17) is 4.42 Å². The molecule has 5 heteroatoms. The normalized spacial score (nSPS) is 18.3. The second-order valence-electron chi connectivity index (χ2n) is 9.49. The van der Waals surface area contributed by atoms with Gasteiger partial charge in [0.05, 0.1) is 11.8 Å². The summed E-state index contributed by atoms with van der Waals surface area (Å²) in [5, 5.41) is 3.27. The van der Waals surface area contributed by atoms with Gasteiger partial charge >= 0.3 is 0 Å². The Bertz CT molecular complexity index is 1050. The van der Waals surface area contributed by atoms with Gasteiger partial charge in [-0.2, -0.15) is 0 Å². The van der Waals surface area contributed by atoms with E-state index in [1.54, 1.807) is 6.20 Å². The van der Waals surface area contributed by atoms with Gasteiger partial charge in [-0.05, 0) is 43.7 Å². The van der Waals surface area contributed by atoms with Crippen LogP contribution in [-0.4, -0.2) is 41.5 Å². The molecular formula is C28H33N3O2. The quantitative estimate of drug-likeness (QED) is 0.524. The zero-order valence-corrected chi connectivity index (χ0v) is 19.2. The number of piperidine rings is 1. The molecule has 0 spiro atoms. The molecule has 5 nitrogen and oxygen atoms in total. The highest BCUT2D eigenvalue weighted by Crippen LogP contribution is 2.29. The predicted molar refractivity (Wildman–Crippen MR) is 131 cm³/mol. The van der Waals surface area contributed by atoms with Crippen LogP contribution >= 0.6 is 0 Å². The molecule has 2 fully saturated rings. The highest BCUT2D eigenvalue weighted by atomic mass is 16.4. The van der Waals surface area contributed by atoms with Crippen molar-refractivity contribution in [2.24, 2.45) is 5.92 Å². The maximum absolute atomic E-state index is 13.2. The van der Waals surface area contributed by atoms with Gasteiger partial charge in [0, 0.05) is 36.8 Å². The minimum Gasteiger partial charge on any atom is -0.436 e. The second kappa shape index (κ2) is 10.3. The van der Waals surface area contributed by atoms with Gasteiger partial charge in [0.2, 0.25) is 5.89 Å². The Balaban J connectivity index is 1.21. The van der Waals surface area contributed by atoms with Crippen molar-refractivity contribution in [2.45, 2.75) is 51.0 Å². The van der Waals surface area contributed by atoms with E-state index < -0.39 is 0 Å². The number of oxazole rings is 1. The standard InChI is InChI=1S/C28H33N3O2/c32-27(30-23-15-17-31(18-16-23)20-21-9-3-1-4-10-21)24-13-7-8-14-25(24)28-29-19-26(33-28)22-11-5-2-6-12-22/h2,5-8,11-14,19,21,23H,1,3-4,9-10,15-18,20H2,(H,30,32). The SMILES string of the molecule is O=C(NC1CCN(CC2CCCCC2)CC1)c1ccccc1-c1ncc(-c2ccccc2)o1. The van der Waals surface area contributed by atoms with Crippen molar-refractivity contribution in [1.82, 2.24) is 15.2 Å². The number of carbonyl (C=O) groups is 1. The van der Waals surface area contributed by atoms with Crippen LogP contribution in [0.15, 0.2) is 65.2 Å². The third-order valence-corrected chi connectivity index (χ3v) is 7.13. The van der Waals surface area contributed by atoms with Gasteiger partial charge in [-0.15, -0.1) is 0 Å². The highest BCUT2D eigenvalue weighted by Gasteiger charge is 2.25. The Morgan fingerprint density at radius 2 is 1.67 bits per heavy atom. The Morgan fingerprint density at radius 1 is 0.939 bits per heavy atom. The van der Waals surface area contributed by atoms with Crippen molar-refractivity contribution in [1.29, 1.82) is 0 Å². The fourth-order valence-electron chi connectivity index (χ4n) is 5.26. The van der Waals surface area contributed by atoms with Crippen molar-refractivity contribution in [2.75, 3.05) is 19.6 Å². The number of nitrogens with one attached hydrogen (secondary N) is 1. The lowest BCUT2D eigenvalue weighted by Crippen LogP contribution is -2.46. The smallest absolute Gasteiger partial charge is 0.252 e. The molecule has 1 saturated carbocycles. The van der Waals surface area contributed by atoms with E-state index in [2.05, 4.69) is 15.2 Å². The van der Waals surface area contributed by atoms with Crippen LogP contribution in [0.25, 0.3) is 22.8 Å². The molecule has 0 atom stereocenters. The van der Waals surface area contributed by atoms with E-state index in [0.29, 0.717) is 17.2 Å². The van der Waals surface area contributed by atoms with Gasteiger partial charge in [0.1, 0.15) is 0 Å². The zero-order valence-electron chi connectivity index (χ0n) is 19.2. The number of hydrogen-bond acceptors (Lipinski definition) is 4. The Kier molecular flexibility index (Phi) is 6.87. The van der Waals surface area contributed by atoms with Gasteiger partial charge in [0.25, 0.3) is 5.91 Å². The van der Waals surface area contributed by atoms with Gasteiger partial charge in [0.15, 0.2) is 5.76 Å². The monoisotopic (exact) mass is 443 g/mol. The van der Waals surface area contributed by atoms with Crippen LogP contribution in [0.4, 0.5) is 0 Å². The number of aromatic nitrogens is 1. The topological polar surface area (TPSA) is 58.4 Å².